The van der Waals surface area contributed by atoms with Crippen LogP contribution in [0, 0.1) is 10.1 Å². The summed E-state index contributed by atoms with van der Waals surface area (Å²) < 4.78 is 5.14. The zero-order valence-electron chi connectivity index (χ0n) is 14.1. The summed E-state index contributed by atoms with van der Waals surface area (Å²) in [6.45, 7) is 3.12. The van der Waals surface area contributed by atoms with Crippen molar-refractivity contribution >= 4 is 5.78 Å². The normalized spacial score (nSPS) is 12.5. The van der Waals surface area contributed by atoms with E-state index >= 15 is 0 Å². The molecule has 126 valence electrons. The molecule has 0 aliphatic rings. The molecule has 24 heavy (non-hydrogen) atoms. The first kappa shape index (κ1) is 17.7. The van der Waals surface area contributed by atoms with E-state index < -0.39 is 11.5 Å². The summed E-state index contributed by atoms with van der Waals surface area (Å²) in [5.41, 5.74) is 0.0282. The Bertz CT molecular complexity index is 725. The number of nitrogens with zero attached hydrogens (tertiary/aromatic N) is 1. The molecule has 1 atom stereocenters. The van der Waals surface area contributed by atoms with E-state index in [9.17, 15) is 14.9 Å². The molecule has 0 saturated carbocycles. The van der Waals surface area contributed by atoms with Crippen molar-refractivity contribution in [1.29, 1.82) is 0 Å². The van der Waals surface area contributed by atoms with Gasteiger partial charge in [-0.25, -0.2) is 0 Å². The molecular weight excluding hydrogens is 306 g/mol. The number of rotatable bonds is 7. The summed E-state index contributed by atoms with van der Waals surface area (Å²) in [5.74, 6) is -0.0734. The second-order valence-electron chi connectivity index (χ2n) is 6.23. The maximum atomic E-state index is 12.7. The lowest BCUT2D eigenvalue weighted by Crippen LogP contribution is -2.39. The lowest BCUT2D eigenvalue weighted by atomic mass is 9.78. The summed E-state index contributed by atoms with van der Waals surface area (Å²) in [4.78, 5) is 23.9. The second kappa shape index (κ2) is 7.25. The molecule has 2 aromatic rings. The lowest BCUT2D eigenvalue weighted by molar-refractivity contribution is -0.565. The van der Waals surface area contributed by atoms with Gasteiger partial charge in [-0.1, -0.05) is 42.5 Å². The molecule has 0 heterocycles. The Balaban J connectivity index is 2.35. The van der Waals surface area contributed by atoms with Crippen molar-refractivity contribution in [2.75, 3.05) is 7.11 Å². The molecule has 0 unspecified atom stereocenters. The van der Waals surface area contributed by atoms with E-state index in [1.165, 1.54) is 7.11 Å². The Morgan fingerprint density at radius 2 is 1.83 bits per heavy atom. The van der Waals surface area contributed by atoms with Crippen molar-refractivity contribution in [2.45, 2.75) is 31.7 Å². The fraction of sp³-hybridized carbons (Fsp3) is 0.316. The molecule has 5 heteroatoms. The quantitative estimate of drug-likeness (QED) is 0.436. The highest BCUT2D eigenvalue weighted by Gasteiger charge is 2.42. The van der Waals surface area contributed by atoms with Crippen molar-refractivity contribution in [2.24, 2.45) is 0 Å². The lowest BCUT2D eigenvalue weighted by Gasteiger charge is -2.26. The Morgan fingerprint density at radius 3 is 2.42 bits per heavy atom. The van der Waals surface area contributed by atoms with E-state index in [-0.39, 0.29) is 17.1 Å². The van der Waals surface area contributed by atoms with Gasteiger partial charge in [0.1, 0.15) is 5.75 Å². The highest BCUT2D eigenvalue weighted by molar-refractivity contribution is 5.97. The van der Waals surface area contributed by atoms with Gasteiger partial charge in [-0.3, -0.25) is 14.9 Å². The minimum absolute atomic E-state index is 0.0607. The van der Waals surface area contributed by atoms with E-state index in [4.69, 9.17) is 4.74 Å². The summed E-state index contributed by atoms with van der Waals surface area (Å²) in [5, 5.41) is 11.5. The fourth-order valence-corrected chi connectivity index (χ4v) is 2.69. The molecule has 0 aromatic heterocycles. The van der Waals surface area contributed by atoms with E-state index in [2.05, 4.69) is 0 Å². The summed E-state index contributed by atoms with van der Waals surface area (Å²) in [6.07, 6.45) is 0.0607. The van der Waals surface area contributed by atoms with Crippen molar-refractivity contribution in [1.82, 2.24) is 0 Å². The van der Waals surface area contributed by atoms with Crippen LogP contribution >= 0.6 is 0 Å². The van der Waals surface area contributed by atoms with Gasteiger partial charge in [0, 0.05) is 30.8 Å². The summed E-state index contributed by atoms with van der Waals surface area (Å²) >= 11 is 0. The molecule has 0 spiro atoms. The largest absolute Gasteiger partial charge is 0.497 e. The van der Waals surface area contributed by atoms with Crippen molar-refractivity contribution in [3.05, 3.63) is 75.8 Å². The van der Waals surface area contributed by atoms with Crippen LogP contribution in [0.1, 0.15) is 42.1 Å². The topological polar surface area (TPSA) is 69.4 Å². The Morgan fingerprint density at radius 1 is 1.17 bits per heavy atom. The number of carbonyl (C=O) groups excluding carboxylic acids is 1. The van der Waals surface area contributed by atoms with Crippen LogP contribution in [0.5, 0.6) is 5.75 Å². The van der Waals surface area contributed by atoms with Gasteiger partial charge in [-0.15, -0.1) is 0 Å². The number of hydrogen-bond acceptors (Lipinski definition) is 4. The average molecular weight is 327 g/mol. The molecule has 0 bridgehead atoms. The monoisotopic (exact) mass is 327 g/mol. The van der Waals surface area contributed by atoms with Gasteiger partial charge in [-0.05, 0) is 17.7 Å². The molecule has 0 radical (unpaired) electrons. The molecule has 5 nitrogen and oxygen atoms in total. The van der Waals surface area contributed by atoms with Crippen molar-refractivity contribution < 1.29 is 14.5 Å². The number of carbonyl (C=O) groups is 1. The molecule has 0 fully saturated rings. The number of ketones is 1. The first-order valence-electron chi connectivity index (χ1n) is 7.73. The standard InChI is InChI=1S/C19H21NO4/c1-19(2,20(22)23)17(14-8-5-4-6-9-14)13-18(21)15-10-7-11-16(12-15)24-3/h4-12,17H,13H2,1-3H3/t17-/m0/s1. The fourth-order valence-electron chi connectivity index (χ4n) is 2.69. The minimum atomic E-state index is -1.25. The minimum Gasteiger partial charge on any atom is -0.497 e. The SMILES string of the molecule is COc1cccc(C(=O)C[C@@H](c2ccccc2)C(C)(C)[N+](=O)[O-])c1. The van der Waals surface area contributed by atoms with E-state index in [0.717, 1.165) is 5.56 Å². The van der Waals surface area contributed by atoms with Crippen molar-refractivity contribution in [3.8, 4) is 5.75 Å². The van der Waals surface area contributed by atoms with Crippen LogP contribution in [-0.2, 0) is 0 Å². The van der Waals surface area contributed by atoms with E-state index in [1.54, 1.807) is 38.1 Å². The Kier molecular flexibility index (Phi) is 5.34. The van der Waals surface area contributed by atoms with Gasteiger partial charge in [0.25, 0.3) is 0 Å². The third kappa shape index (κ3) is 3.79. The van der Waals surface area contributed by atoms with Gasteiger partial charge in [0.15, 0.2) is 5.78 Å². The van der Waals surface area contributed by atoms with Crippen LogP contribution in [0.15, 0.2) is 54.6 Å². The smallest absolute Gasteiger partial charge is 0.223 e. The van der Waals surface area contributed by atoms with Gasteiger partial charge < -0.3 is 4.74 Å². The number of ether oxygens (including phenoxy) is 1. The first-order valence-corrected chi connectivity index (χ1v) is 7.73. The molecule has 0 N–H and O–H groups in total. The molecular formula is C19H21NO4. The Hall–Kier alpha value is -2.69. The molecule has 0 aliphatic heterocycles. The maximum absolute atomic E-state index is 12.7. The number of hydrogen-bond donors (Lipinski definition) is 0. The van der Waals surface area contributed by atoms with Gasteiger partial charge in [0.05, 0.1) is 13.0 Å². The third-order valence-electron chi connectivity index (χ3n) is 4.31. The maximum Gasteiger partial charge on any atom is 0.223 e. The van der Waals surface area contributed by atoms with Gasteiger partial charge in [-0.2, -0.15) is 0 Å². The number of benzene rings is 2. The van der Waals surface area contributed by atoms with Gasteiger partial charge >= 0.3 is 0 Å². The van der Waals surface area contributed by atoms with Crippen LogP contribution in [0.4, 0.5) is 0 Å². The Labute approximate surface area is 141 Å². The van der Waals surface area contributed by atoms with Crippen LogP contribution in [-0.4, -0.2) is 23.4 Å². The van der Waals surface area contributed by atoms with Gasteiger partial charge in [0.2, 0.25) is 5.54 Å². The van der Waals surface area contributed by atoms with E-state index in [1.807, 2.05) is 30.3 Å². The zero-order chi connectivity index (χ0) is 17.7. The average Bonchev–Trinajstić information content (AvgIpc) is 2.59. The van der Waals surface area contributed by atoms with Crippen LogP contribution in [0.2, 0.25) is 0 Å². The first-order chi connectivity index (χ1) is 11.4. The number of Topliss-reactive ketones (excluding diaryl/α,β-unsaturated/α-hetero) is 1. The molecule has 0 amide bonds. The van der Waals surface area contributed by atoms with Crippen LogP contribution < -0.4 is 4.74 Å². The molecule has 0 aliphatic carbocycles. The summed E-state index contributed by atoms with van der Waals surface area (Å²) in [7, 11) is 1.53. The highest BCUT2D eigenvalue weighted by atomic mass is 16.6. The zero-order valence-corrected chi connectivity index (χ0v) is 14.1. The number of nitro groups is 1. The van der Waals surface area contributed by atoms with Crippen LogP contribution in [0.3, 0.4) is 0 Å². The molecule has 2 aromatic carbocycles. The van der Waals surface area contributed by atoms with Crippen LogP contribution in [0.25, 0.3) is 0 Å². The van der Waals surface area contributed by atoms with Crippen molar-refractivity contribution in [3.63, 3.8) is 0 Å². The summed E-state index contributed by atoms with van der Waals surface area (Å²) in [6, 6.07) is 16.0. The molecule has 0 saturated heterocycles. The predicted octanol–water partition coefficient (Wildman–Crippen LogP) is 4.11. The molecule has 2 rings (SSSR count). The van der Waals surface area contributed by atoms with E-state index in [0.29, 0.717) is 11.3 Å². The number of methoxy groups -OCH3 is 1. The third-order valence-corrected chi connectivity index (χ3v) is 4.31. The predicted molar refractivity (Wildman–Crippen MR) is 92.2 cm³/mol. The second-order valence-corrected chi connectivity index (χ2v) is 6.23. The highest BCUT2D eigenvalue weighted by Crippen LogP contribution is 2.34.